The average Bonchev–Trinajstić information content (AvgIpc) is 3.35. The fourth-order valence-electron chi connectivity index (χ4n) is 3.20. The molecule has 4 heterocycles. The van der Waals surface area contributed by atoms with E-state index in [4.69, 9.17) is 14.5 Å². The van der Waals surface area contributed by atoms with Gasteiger partial charge in [-0.25, -0.2) is 4.98 Å². The highest BCUT2D eigenvalue weighted by Gasteiger charge is 2.29. The summed E-state index contributed by atoms with van der Waals surface area (Å²) in [6.45, 7) is 2.18. The molecule has 5 rings (SSSR count). The lowest BCUT2D eigenvalue weighted by Gasteiger charge is -2.25. The van der Waals surface area contributed by atoms with Gasteiger partial charge in [-0.05, 0) is 48.2 Å². The summed E-state index contributed by atoms with van der Waals surface area (Å²) in [5, 5.41) is 5.00. The fourth-order valence-corrected chi connectivity index (χ4v) is 3.91. The summed E-state index contributed by atoms with van der Waals surface area (Å²) in [6, 6.07) is 15.3. The Morgan fingerprint density at radius 1 is 1.21 bits per heavy atom. The minimum Gasteiger partial charge on any atom is -0.485 e. The summed E-state index contributed by atoms with van der Waals surface area (Å²) in [5.74, 6) is 1.58. The molecule has 0 bridgehead atoms. The topological polar surface area (TPSA) is 64.9 Å². The molecule has 0 radical (unpaired) electrons. The van der Waals surface area contributed by atoms with Gasteiger partial charge in [0.15, 0.2) is 11.5 Å². The van der Waals surface area contributed by atoms with Gasteiger partial charge < -0.3 is 14.8 Å². The van der Waals surface area contributed by atoms with Crippen molar-refractivity contribution in [2.24, 2.45) is 0 Å². The highest BCUT2D eigenvalue weighted by Crippen LogP contribution is 2.34. The molecule has 0 unspecified atom stereocenters. The number of imidazole rings is 1. The van der Waals surface area contributed by atoms with Crippen molar-refractivity contribution in [2.75, 3.05) is 11.9 Å². The molecular weight excluding hydrogens is 374 g/mol. The molecule has 1 aromatic carbocycles. The number of carbonyl (C=O) groups is 1. The third-order valence-corrected chi connectivity index (χ3v) is 5.46. The number of aromatic nitrogens is 2. The standard InChI is InChI=1S/C21H17N3O3S/c1-13-8-9-24-18(11-13)22-19(17-7-4-10-28-17)20(24)23-21(25)16-12-26-14-5-2-3-6-15(14)27-16/h2-11,16H,12H2,1H3,(H,23,25)/t16-/m1/s1. The van der Waals surface area contributed by atoms with E-state index in [1.807, 2.05) is 65.4 Å². The van der Waals surface area contributed by atoms with Gasteiger partial charge >= 0.3 is 0 Å². The third-order valence-electron chi connectivity index (χ3n) is 4.58. The lowest BCUT2D eigenvalue weighted by Crippen LogP contribution is -2.40. The predicted molar refractivity (Wildman–Crippen MR) is 108 cm³/mol. The Bertz CT molecular complexity index is 1170. The van der Waals surface area contributed by atoms with E-state index >= 15 is 0 Å². The Hall–Kier alpha value is -3.32. The number of amides is 1. The van der Waals surface area contributed by atoms with Crippen LogP contribution < -0.4 is 14.8 Å². The number of hydrogen-bond acceptors (Lipinski definition) is 5. The Morgan fingerprint density at radius 3 is 2.89 bits per heavy atom. The lowest BCUT2D eigenvalue weighted by molar-refractivity contribution is -0.125. The van der Waals surface area contributed by atoms with Crippen molar-refractivity contribution in [1.29, 1.82) is 0 Å². The van der Waals surface area contributed by atoms with Gasteiger partial charge in [0.25, 0.3) is 5.91 Å². The van der Waals surface area contributed by atoms with Crippen LogP contribution in [-0.2, 0) is 4.79 Å². The maximum Gasteiger partial charge on any atom is 0.270 e. The van der Waals surface area contributed by atoms with E-state index in [-0.39, 0.29) is 12.5 Å². The number of ether oxygens (including phenoxy) is 2. The third kappa shape index (κ3) is 2.90. The summed E-state index contributed by atoms with van der Waals surface area (Å²) >= 11 is 1.58. The highest BCUT2D eigenvalue weighted by molar-refractivity contribution is 7.13. The minimum atomic E-state index is -0.734. The van der Waals surface area contributed by atoms with Crippen LogP contribution in [0.2, 0.25) is 0 Å². The molecule has 0 spiro atoms. The van der Waals surface area contributed by atoms with E-state index in [0.29, 0.717) is 17.3 Å². The number of fused-ring (bicyclic) bond motifs is 2. The largest absolute Gasteiger partial charge is 0.485 e. The number of para-hydroxylation sites is 2. The molecule has 1 N–H and O–H groups in total. The molecule has 4 aromatic rings. The Morgan fingerprint density at radius 2 is 2.07 bits per heavy atom. The molecular formula is C21H17N3O3S. The van der Waals surface area contributed by atoms with E-state index in [1.165, 1.54) is 0 Å². The quantitative estimate of drug-likeness (QED) is 0.570. The Balaban J connectivity index is 1.49. The monoisotopic (exact) mass is 391 g/mol. The maximum atomic E-state index is 13.0. The molecule has 1 atom stereocenters. The summed E-state index contributed by atoms with van der Waals surface area (Å²) in [4.78, 5) is 18.7. The molecule has 140 valence electrons. The Kier molecular flexibility index (Phi) is 4.02. The highest BCUT2D eigenvalue weighted by atomic mass is 32.1. The first-order valence-corrected chi connectivity index (χ1v) is 9.79. The molecule has 0 saturated carbocycles. The maximum absolute atomic E-state index is 13.0. The van der Waals surface area contributed by atoms with Crippen molar-refractivity contribution in [2.45, 2.75) is 13.0 Å². The zero-order valence-electron chi connectivity index (χ0n) is 15.1. The smallest absolute Gasteiger partial charge is 0.270 e. The van der Waals surface area contributed by atoms with Crippen LogP contribution >= 0.6 is 11.3 Å². The van der Waals surface area contributed by atoms with Crippen molar-refractivity contribution in [1.82, 2.24) is 9.38 Å². The minimum absolute atomic E-state index is 0.160. The van der Waals surface area contributed by atoms with Crippen molar-refractivity contribution in [3.8, 4) is 22.1 Å². The van der Waals surface area contributed by atoms with E-state index in [0.717, 1.165) is 21.8 Å². The molecule has 1 aliphatic heterocycles. The number of benzene rings is 1. The molecule has 1 aliphatic rings. The first kappa shape index (κ1) is 16.8. The summed E-state index contributed by atoms with van der Waals surface area (Å²) in [6.07, 6.45) is 1.18. The lowest BCUT2D eigenvalue weighted by atomic mass is 10.2. The number of carbonyl (C=O) groups excluding carboxylic acids is 1. The van der Waals surface area contributed by atoms with Crippen LogP contribution in [0.25, 0.3) is 16.2 Å². The van der Waals surface area contributed by atoms with E-state index < -0.39 is 6.10 Å². The number of thiophene rings is 1. The number of pyridine rings is 1. The van der Waals surface area contributed by atoms with E-state index in [9.17, 15) is 4.79 Å². The number of nitrogens with one attached hydrogen (secondary N) is 1. The van der Waals surface area contributed by atoms with Crippen LogP contribution in [0.3, 0.4) is 0 Å². The van der Waals surface area contributed by atoms with Crippen LogP contribution in [0.4, 0.5) is 5.82 Å². The summed E-state index contributed by atoms with van der Waals surface area (Å²) in [7, 11) is 0. The number of anilines is 1. The summed E-state index contributed by atoms with van der Waals surface area (Å²) < 4.78 is 13.4. The summed E-state index contributed by atoms with van der Waals surface area (Å²) in [5.41, 5.74) is 2.63. The van der Waals surface area contributed by atoms with Gasteiger partial charge in [0, 0.05) is 6.20 Å². The van der Waals surface area contributed by atoms with Crippen LogP contribution in [0, 0.1) is 6.92 Å². The van der Waals surface area contributed by atoms with E-state index in [2.05, 4.69) is 5.32 Å². The molecule has 0 fully saturated rings. The van der Waals surface area contributed by atoms with Crippen molar-refractivity contribution < 1.29 is 14.3 Å². The number of aryl methyl sites for hydroxylation is 1. The predicted octanol–water partition coefficient (Wildman–Crippen LogP) is 4.15. The van der Waals surface area contributed by atoms with Gasteiger partial charge in [0.1, 0.15) is 23.8 Å². The molecule has 0 aliphatic carbocycles. The second-order valence-electron chi connectivity index (χ2n) is 6.57. The SMILES string of the molecule is Cc1ccn2c(NC(=O)[C@H]3COc4ccccc4O3)c(-c3cccs3)nc2c1. The van der Waals surface area contributed by atoms with Crippen molar-refractivity contribution in [3.63, 3.8) is 0 Å². The van der Waals surface area contributed by atoms with E-state index in [1.54, 1.807) is 17.4 Å². The second-order valence-corrected chi connectivity index (χ2v) is 7.52. The zero-order chi connectivity index (χ0) is 19.1. The van der Waals surface area contributed by atoms with Crippen LogP contribution in [0.1, 0.15) is 5.56 Å². The van der Waals surface area contributed by atoms with Crippen molar-refractivity contribution >= 4 is 28.7 Å². The normalized spacial score (nSPS) is 15.5. The van der Waals surface area contributed by atoms with Gasteiger partial charge in [0.05, 0.1) is 4.88 Å². The first-order valence-electron chi connectivity index (χ1n) is 8.91. The van der Waals surface area contributed by atoms with Crippen LogP contribution in [0.15, 0.2) is 60.1 Å². The molecule has 0 saturated heterocycles. The Labute approximate surface area is 165 Å². The van der Waals surface area contributed by atoms with Gasteiger partial charge in [-0.3, -0.25) is 9.20 Å². The molecule has 3 aromatic heterocycles. The number of hydrogen-bond donors (Lipinski definition) is 1. The van der Waals surface area contributed by atoms with Crippen LogP contribution in [0.5, 0.6) is 11.5 Å². The molecule has 28 heavy (non-hydrogen) atoms. The van der Waals surface area contributed by atoms with Crippen LogP contribution in [-0.4, -0.2) is 28.0 Å². The van der Waals surface area contributed by atoms with Crippen molar-refractivity contribution in [3.05, 3.63) is 65.7 Å². The van der Waals surface area contributed by atoms with Gasteiger partial charge in [-0.15, -0.1) is 11.3 Å². The average molecular weight is 391 g/mol. The zero-order valence-corrected chi connectivity index (χ0v) is 15.9. The van der Waals surface area contributed by atoms with Gasteiger partial charge in [0.2, 0.25) is 6.10 Å². The fraction of sp³-hybridized carbons (Fsp3) is 0.143. The number of nitrogens with zero attached hydrogens (tertiary/aromatic N) is 2. The second kappa shape index (κ2) is 6.69. The first-order chi connectivity index (χ1) is 13.7. The number of rotatable bonds is 3. The van der Waals surface area contributed by atoms with Gasteiger partial charge in [-0.1, -0.05) is 18.2 Å². The van der Waals surface area contributed by atoms with Gasteiger partial charge in [-0.2, -0.15) is 0 Å². The molecule has 1 amide bonds. The molecule has 6 nitrogen and oxygen atoms in total. The molecule has 7 heteroatoms.